The normalized spacial score (nSPS) is 10.9. The van der Waals surface area contributed by atoms with Gasteiger partial charge in [-0.2, -0.15) is 0 Å². The predicted molar refractivity (Wildman–Crippen MR) is 94.3 cm³/mol. The molecule has 0 unspecified atom stereocenters. The zero-order valence-electron chi connectivity index (χ0n) is 14.6. The highest BCUT2D eigenvalue weighted by molar-refractivity contribution is 5.95. The van der Waals surface area contributed by atoms with Gasteiger partial charge in [0.05, 0.1) is 31.7 Å². The highest BCUT2D eigenvalue weighted by atomic mass is 16.5. The molecule has 0 radical (unpaired) electrons. The quantitative estimate of drug-likeness (QED) is 0.880. The van der Waals surface area contributed by atoms with Crippen molar-refractivity contribution in [2.24, 2.45) is 0 Å². The number of rotatable bonds is 5. The molecular formula is C18H23N3O3. The number of aromatic nitrogens is 1. The molecule has 0 fully saturated rings. The molecule has 1 heterocycles. The average Bonchev–Trinajstić information content (AvgIpc) is 2.53. The van der Waals surface area contributed by atoms with Crippen LogP contribution in [-0.4, -0.2) is 30.6 Å². The fraction of sp³-hybridized carbons (Fsp3) is 0.333. The summed E-state index contributed by atoms with van der Waals surface area (Å²) in [6, 6.07) is 7.25. The van der Waals surface area contributed by atoms with Gasteiger partial charge in [-0.3, -0.25) is 9.78 Å². The topological polar surface area (TPSA) is 72.5 Å². The Morgan fingerprint density at radius 1 is 1.00 bits per heavy atom. The van der Waals surface area contributed by atoms with Crippen LogP contribution in [0.15, 0.2) is 36.7 Å². The summed E-state index contributed by atoms with van der Waals surface area (Å²) in [4.78, 5) is 16.4. The van der Waals surface area contributed by atoms with Gasteiger partial charge in [0.1, 0.15) is 0 Å². The van der Waals surface area contributed by atoms with Gasteiger partial charge in [0, 0.05) is 23.5 Å². The Balaban J connectivity index is 2.19. The second-order valence-electron chi connectivity index (χ2n) is 6.36. The first kappa shape index (κ1) is 17.6. The van der Waals surface area contributed by atoms with Gasteiger partial charge in [0.2, 0.25) is 0 Å². The lowest BCUT2D eigenvalue weighted by molar-refractivity contribution is 0.0919. The molecule has 2 aromatic rings. The first-order valence-electron chi connectivity index (χ1n) is 7.59. The van der Waals surface area contributed by atoms with Gasteiger partial charge in [0.25, 0.3) is 5.91 Å². The van der Waals surface area contributed by atoms with Crippen molar-refractivity contribution in [3.8, 4) is 11.5 Å². The average molecular weight is 329 g/mol. The molecule has 1 aromatic carbocycles. The van der Waals surface area contributed by atoms with Crippen LogP contribution in [0, 0.1) is 0 Å². The van der Waals surface area contributed by atoms with Crippen molar-refractivity contribution < 1.29 is 14.3 Å². The molecule has 0 saturated heterocycles. The first-order chi connectivity index (χ1) is 11.3. The van der Waals surface area contributed by atoms with E-state index in [2.05, 4.69) is 15.6 Å². The minimum atomic E-state index is -0.302. The van der Waals surface area contributed by atoms with Crippen LogP contribution in [0.3, 0.4) is 0 Å². The number of nitrogens with one attached hydrogen (secondary N) is 2. The SMILES string of the molecule is COc1ccc(Nc2cncc(C(=O)NC(C)(C)C)c2)cc1OC. The molecule has 0 saturated carbocycles. The Labute approximate surface area is 142 Å². The van der Waals surface area contributed by atoms with Crippen LogP contribution in [0.5, 0.6) is 11.5 Å². The third kappa shape index (κ3) is 4.62. The van der Waals surface area contributed by atoms with Gasteiger partial charge in [-0.1, -0.05) is 0 Å². The summed E-state index contributed by atoms with van der Waals surface area (Å²) in [5.74, 6) is 1.11. The molecule has 0 aliphatic heterocycles. The highest BCUT2D eigenvalue weighted by Gasteiger charge is 2.16. The van der Waals surface area contributed by atoms with Crippen LogP contribution in [0.25, 0.3) is 0 Å². The van der Waals surface area contributed by atoms with Crippen LogP contribution < -0.4 is 20.1 Å². The van der Waals surface area contributed by atoms with Crippen LogP contribution in [0.1, 0.15) is 31.1 Å². The van der Waals surface area contributed by atoms with Gasteiger partial charge in [-0.05, 0) is 39.0 Å². The van der Waals surface area contributed by atoms with E-state index in [-0.39, 0.29) is 11.4 Å². The van der Waals surface area contributed by atoms with Gasteiger partial charge in [-0.25, -0.2) is 0 Å². The smallest absolute Gasteiger partial charge is 0.253 e. The lowest BCUT2D eigenvalue weighted by atomic mass is 10.1. The number of pyridine rings is 1. The lowest BCUT2D eigenvalue weighted by Crippen LogP contribution is -2.40. The molecule has 0 spiro atoms. The number of amides is 1. The third-order valence-electron chi connectivity index (χ3n) is 3.16. The van der Waals surface area contributed by atoms with E-state index in [9.17, 15) is 4.79 Å². The van der Waals surface area contributed by atoms with E-state index >= 15 is 0 Å². The number of hydrogen-bond donors (Lipinski definition) is 2. The minimum Gasteiger partial charge on any atom is -0.493 e. The van der Waals surface area contributed by atoms with Crippen LogP contribution in [0.2, 0.25) is 0 Å². The summed E-state index contributed by atoms with van der Waals surface area (Å²) >= 11 is 0. The summed E-state index contributed by atoms with van der Waals surface area (Å²) in [6.45, 7) is 5.80. The summed E-state index contributed by atoms with van der Waals surface area (Å²) in [6.07, 6.45) is 3.20. The lowest BCUT2D eigenvalue weighted by Gasteiger charge is -2.20. The zero-order chi connectivity index (χ0) is 17.7. The monoisotopic (exact) mass is 329 g/mol. The number of methoxy groups -OCH3 is 2. The van der Waals surface area contributed by atoms with E-state index in [0.29, 0.717) is 22.7 Å². The number of carbonyl (C=O) groups excluding carboxylic acids is 1. The Bertz CT molecular complexity index is 724. The molecule has 0 bridgehead atoms. The van der Waals surface area contributed by atoms with E-state index in [0.717, 1.165) is 5.69 Å². The number of ether oxygens (including phenoxy) is 2. The van der Waals surface area contributed by atoms with Crippen molar-refractivity contribution in [3.63, 3.8) is 0 Å². The maximum atomic E-state index is 12.2. The van der Waals surface area contributed by atoms with Crippen LogP contribution in [0.4, 0.5) is 11.4 Å². The zero-order valence-corrected chi connectivity index (χ0v) is 14.6. The molecule has 128 valence electrons. The molecule has 0 aliphatic rings. The van der Waals surface area contributed by atoms with E-state index in [1.54, 1.807) is 32.7 Å². The number of nitrogens with zero attached hydrogens (tertiary/aromatic N) is 1. The summed E-state index contributed by atoms with van der Waals surface area (Å²) in [5, 5.41) is 6.13. The standard InChI is InChI=1S/C18H23N3O3/c1-18(2,3)21-17(22)12-8-14(11-19-10-12)20-13-6-7-15(23-4)16(9-13)24-5/h6-11,20H,1-5H3,(H,21,22). The molecule has 2 rings (SSSR count). The van der Waals surface area contributed by atoms with E-state index in [1.807, 2.05) is 39.0 Å². The second-order valence-corrected chi connectivity index (χ2v) is 6.36. The number of hydrogen-bond acceptors (Lipinski definition) is 5. The molecule has 6 heteroatoms. The fourth-order valence-corrected chi connectivity index (χ4v) is 2.13. The van der Waals surface area contributed by atoms with E-state index in [4.69, 9.17) is 9.47 Å². The fourth-order valence-electron chi connectivity index (χ4n) is 2.13. The summed E-state index contributed by atoms with van der Waals surface area (Å²) < 4.78 is 10.5. The Morgan fingerprint density at radius 3 is 2.33 bits per heavy atom. The van der Waals surface area contributed by atoms with Gasteiger partial charge < -0.3 is 20.1 Å². The molecule has 1 amide bonds. The van der Waals surface area contributed by atoms with Gasteiger partial charge in [0.15, 0.2) is 11.5 Å². The van der Waals surface area contributed by atoms with Crippen molar-refractivity contribution in [2.45, 2.75) is 26.3 Å². The summed E-state index contributed by atoms with van der Waals surface area (Å²) in [5.41, 5.74) is 1.71. The van der Waals surface area contributed by atoms with Crippen LogP contribution >= 0.6 is 0 Å². The molecule has 6 nitrogen and oxygen atoms in total. The van der Waals surface area contributed by atoms with Crippen molar-refractivity contribution >= 4 is 17.3 Å². The van der Waals surface area contributed by atoms with Crippen molar-refractivity contribution in [1.82, 2.24) is 10.3 Å². The van der Waals surface area contributed by atoms with Crippen LogP contribution in [-0.2, 0) is 0 Å². The number of carbonyl (C=O) groups is 1. The van der Waals surface area contributed by atoms with Crippen molar-refractivity contribution in [1.29, 1.82) is 0 Å². The largest absolute Gasteiger partial charge is 0.493 e. The molecule has 1 aromatic heterocycles. The molecule has 0 aliphatic carbocycles. The van der Waals surface area contributed by atoms with E-state index < -0.39 is 0 Å². The van der Waals surface area contributed by atoms with Crippen molar-refractivity contribution in [2.75, 3.05) is 19.5 Å². The number of anilines is 2. The second kappa shape index (κ2) is 7.21. The third-order valence-corrected chi connectivity index (χ3v) is 3.16. The maximum Gasteiger partial charge on any atom is 0.253 e. The van der Waals surface area contributed by atoms with Gasteiger partial charge >= 0.3 is 0 Å². The van der Waals surface area contributed by atoms with E-state index in [1.165, 1.54) is 0 Å². The molecule has 2 N–H and O–H groups in total. The minimum absolute atomic E-state index is 0.161. The maximum absolute atomic E-state index is 12.2. The molecule has 24 heavy (non-hydrogen) atoms. The Hall–Kier alpha value is -2.76. The molecular weight excluding hydrogens is 306 g/mol. The van der Waals surface area contributed by atoms with Crippen molar-refractivity contribution in [3.05, 3.63) is 42.2 Å². The predicted octanol–water partition coefficient (Wildman–Crippen LogP) is 3.37. The highest BCUT2D eigenvalue weighted by Crippen LogP contribution is 2.31. The number of benzene rings is 1. The Morgan fingerprint density at radius 2 is 1.71 bits per heavy atom. The Kier molecular flexibility index (Phi) is 5.28. The van der Waals surface area contributed by atoms with Gasteiger partial charge in [-0.15, -0.1) is 0 Å². The summed E-state index contributed by atoms with van der Waals surface area (Å²) in [7, 11) is 3.17. The first-order valence-corrected chi connectivity index (χ1v) is 7.59. The molecule has 0 atom stereocenters.